The number of carbonyl (C=O) groups excluding carboxylic acids is 1. The lowest BCUT2D eigenvalue weighted by atomic mass is 10.0. The Morgan fingerprint density at radius 2 is 2.21 bits per heavy atom. The van der Waals surface area contributed by atoms with E-state index in [-0.39, 0.29) is 18.1 Å². The van der Waals surface area contributed by atoms with Crippen LogP contribution in [0.2, 0.25) is 0 Å². The Kier molecular flexibility index (Phi) is 3.19. The van der Waals surface area contributed by atoms with Crippen molar-refractivity contribution >= 4 is 6.09 Å². The summed E-state index contributed by atoms with van der Waals surface area (Å²) in [5, 5.41) is 9.17. The minimum Gasteiger partial charge on any atom is -0.445 e. The topological polar surface area (TPSA) is 49.8 Å². The summed E-state index contributed by atoms with van der Waals surface area (Å²) in [5.41, 5.74) is 1.20. The molecule has 0 aromatic heterocycles. The summed E-state index contributed by atoms with van der Waals surface area (Å²) < 4.78 is 5.33. The second kappa shape index (κ2) is 4.85. The zero-order chi connectivity index (χ0) is 13.3. The van der Waals surface area contributed by atoms with Crippen LogP contribution in [0.25, 0.3) is 0 Å². The van der Waals surface area contributed by atoms with Crippen molar-refractivity contribution in [2.45, 2.75) is 19.4 Å². The number of likely N-dealkylation sites (tertiary alicyclic amines) is 1. The summed E-state index contributed by atoms with van der Waals surface area (Å²) in [6.07, 6.45) is 1.81. The summed E-state index contributed by atoms with van der Waals surface area (Å²) in [4.78, 5) is 13.7. The minimum absolute atomic E-state index is 0.195. The van der Waals surface area contributed by atoms with Crippen molar-refractivity contribution in [3.05, 3.63) is 35.9 Å². The molecule has 4 nitrogen and oxygen atoms in total. The van der Waals surface area contributed by atoms with Gasteiger partial charge in [0.1, 0.15) is 6.61 Å². The second-order valence-electron chi connectivity index (χ2n) is 5.66. The molecule has 1 aromatic carbocycles. The largest absolute Gasteiger partial charge is 0.445 e. The summed E-state index contributed by atoms with van der Waals surface area (Å²) in [6, 6.07) is 9.70. The maximum Gasteiger partial charge on any atom is 0.410 e. The molecule has 19 heavy (non-hydrogen) atoms. The Balaban J connectivity index is 1.50. The third-order valence-corrected chi connectivity index (χ3v) is 4.43. The summed E-state index contributed by atoms with van der Waals surface area (Å²) in [5.74, 6) is 0.388. The van der Waals surface area contributed by atoms with Crippen LogP contribution in [0, 0.1) is 11.3 Å². The van der Waals surface area contributed by atoms with Gasteiger partial charge in [0.15, 0.2) is 0 Å². The summed E-state index contributed by atoms with van der Waals surface area (Å²) >= 11 is 0. The van der Waals surface area contributed by atoms with Gasteiger partial charge >= 0.3 is 6.09 Å². The lowest BCUT2D eigenvalue weighted by Gasteiger charge is -2.16. The van der Waals surface area contributed by atoms with Crippen molar-refractivity contribution in [2.75, 3.05) is 19.7 Å². The molecule has 1 aromatic rings. The van der Waals surface area contributed by atoms with Crippen molar-refractivity contribution in [1.29, 1.82) is 0 Å². The Morgan fingerprint density at radius 3 is 2.89 bits per heavy atom. The van der Waals surface area contributed by atoms with Crippen molar-refractivity contribution in [2.24, 2.45) is 11.3 Å². The molecule has 1 saturated heterocycles. The van der Waals surface area contributed by atoms with Crippen LogP contribution in [0.3, 0.4) is 0 Å². The number of carbonyl (C=O) groups is 1. The maximum absolute atomic E-state index is 12.0. The molecule has 0 radical (unpaired) electrons. The van der Waals surface area contributed by atoms with Gasteiger partial charge in [-0.15, -0.1) is 0 Å². The molecule has 1 amide bonds. The molecule has 4 heteroatoms. The monoisotopic (exact) mass is 261 g/mol. The van der Waals surface area contributed by atoms with Gasteiger partial charge in [0.25, 0.3) is 0 Å². The van der Waals surface area contributed by atoms with Gasteiger partial charge in [0.2, 0.25) is 0 Å². The molecule has 2 fully saturated rings. The van der Waals surface area contributed by atoms with Gasteiger partial charge in [-0.25, -0.2) is 4.79 Å². The molecular formula is C15H19NO3. The second-order valence-corrected chi connectivity index (χ2v) is 5.66. The Morgan fingerprint density at radius 1 is 1.42 bits per heavy atom. The van der Waals surface area contributed by atoms with Crippen molar-refractivity contribution in [1.82, 2.24) is 4.90 Å². The van der Waals surface area contributed by atoms with Crippen molar-refractivity contribution in [3.8, 4) is 0 Å². The summed E-state index contributed by atoms with van der Waals surface area (Å²) in [6.45, 7) is 2.06. The molecule has 1 heterocycles. The molecule has 102 valence electrons. The fourth-order valence-corrected chi connectivity index (χ4v) is 3.05. The predicted octanol–water partition coefficient (Wildman–Crippen LogP) is 2.03. The van der Waals surface area contributed by atoms with Gasteiger partial charge in [0.05, 0.1) is 0 Å². The average molecular weight is 261 g/mol. The van der Waals surface area contributed by atoms with E-state index in [9.17, 15) is 9.90 Å². The van der Waals surface area contributed by atoms with E-state index in [1.54, 1.807) is 4.90 Å². The van der Waals surface area contributed by atoms with Crippen LogP contribution in [0.1, 0.15) is 18.4 Å². The summed E-state index contributed by atoms with van der Waals surface area (Å²) in [7, 11) is 0. The highest BCUT2D eigenvalue weighted by molar-refractivity contribution is 5.68. The normalized spacial score (nSPS) is 28.7. The van der Waals surface area contributed by atoms with E-state index >= 15 is 0 Å². The fraction of sp³-hybridized carbons (Fsp3) is 0.533. The lowest BCUT2D eigenvalue weighted by Crippen LogP contribution is -2.29. The average Bonchev–Trinajstić information content (AvgIpc) is 2.96. The van der Waals surface area contributed by atoms with E-state index in [0.717, 1.165) is 31.5 Å². The number of nitrogens with zero attached hydrogens (tertiary/aromatic N) is 1. The minimum atomic E-state index is -0.232. The Labute approximate surface area is 113 Å². The molecule has 1 spiro atoms. The van der Waals surface area contributed by atoms with E-state index in [0.29, 0.717) is 12.5 Å². The van der Waals surface area contributed by atoms with Gasteiger partial charge < -0.3 is 14.7 Å². The van der Waals surface area contributed by atoms with Gasteiger partial charge in [-0.3, -0.25) is 0 Å². The molecule has 2 atom stereocenters. The zero-order valence-electron chi connectivity index (χ0n) is 10.9. The molecule has 0 unspecified atom stereocenters. The zero-order valence-corrected chi connectivity index (χ0v) is 10.9. The van der Waals surface area contributed by atoms with Crippen molar-refractivity contribution in [3.63, 3.8) is 0 Å². The van der Waals surface area contributed by atoms with Crippen LogP contribution in [0.5, 0.6) is 0 Å². The highest BCUT2D eigenvalue weighted by Crippen LogP contribution is 2.58. The SMILES string of the molecule is O=C(OCc1ccccc1)N1CC[C@]2(C[C@H]2CO)C1. The third kappa shape index (κ3) is 2.45. The number of aliphatic hydroxyl groups excluding tert-OH is 1. The number of amides is 1. The van der Waals surface area contributed by atoms with Crippen LogP contribution in [-0.2, 0) is 11.3 Å². The molecule has 2 aliphatic rings. The third-order valence-electron chi connectivity index (χ3n) is 4.43. The Hall–Kier alpha value is -1.55. The standard InChI is InChI=1S/C15H19NO3/c17-9-13-8-15(13)6-7-16(11-15)14(18)19-10-12-4-2-1-3-5-12/h1-5,13,17H,6-11H2/t13-,15-/m0/s1. The van der Waals surface area contributed by atoms with Crippen LogP contribution in [-0.4, -0.2) is 35.8 Å². The quantitative estimate of drug-likeness (QED) is 0.905. The van der Waals surface area contributed by atoms with Gasteiger partial charge in [-0.05, 0) is 29.7 Å². The van der Waals surface area contributed by atoms with Crippen molar-refractivity contribution < 1.29 is 14.6 Å². The molecule has 1 aliphatic carbocycles. The molecule has 3 rings (SSSR count). The van der Waals surface area contributed by atoms with E-state index in [1.807, 2.05) is 30.3 Å². The van der Waals surface area contributed by atoms with Gasteiger partial charge in [0, 0.05) is 19.7 Å². The molecule has 1 aliphatic heterocycles. The number of hydrogen-bond acceptors (Lipinski definition) is 3. The number of rotatable bonds is 3. The van der Waals surface area contributed by atoms with E-state index in [4.69, 9.17) is 4.74 Å². The number of benzene rings is 1. The molecule has 1 saturated carbocycles. The number of ether oxygens (including phenoxy) is 1. The van der Waals surface area contributed by atoms with Gasteiger partial charge in [-0.1, -0.05) is 30.3 Å². The van der Waals surface area contributed by atoms with E-state index in [2.05, 4.69) is 0 Å². The van der Waals surface area contributed by atoms with Crippen LogP contribution in [0.4, 0.5) is 4.79 Å². The highest BCUT2D eigenvalue weighted by Gasteiger charge is 2.57. The first kappa shape index (κ1) is 12.5. The van der Waals surface area contributed by atoms with E-state index < -0.39 is 0 Å². The first-order chi connectivity index (χ1) is 9.23. The highest BCUT2D eigenvalue weighted by atomic mass is 16.6. The van der Waals surface area contributed by atoms with Crippen LogP contribution in [0.15, 0.2) is 30.3 Å². The van der Waals surface area contributed by atoms with Crippen LogP contribution < -0.4 is 0 Å². The first-order valence-electron chi connectivity index (χ1n) is 6.80. The predicted molar refractivity (Wildman–Crippen MR) is 70.4 cm³/mol. The van der Waals surface area contributed by atoms with E-state index in [1.165, 1.54) is 0 Å². The molecular weight excluding hydrogens is 242 g/mol. The molecule has 0 bridgehead atoms. The molecule has 1 N–H and O–H groups in total. The van der Waals surface area contributed by atoms with Gasteiger partial charge in [-0.2, -0.15) is 0 Å². The fourth-order valence-electron chi connectivity index (χ4n) is 3.05. The maximum atomic E-state index is 12.0. The number of hydrogen-bond donors (Lipinski definition) is 1. The first-order valence-corrected chi connectivity index (χ1v) is 6.80. The van der Waals surface area contributed by atoms with Crippen LogP contribution >= 0.6 is 0 Å². The number of aliphatic hydroxyl groups is 1. The Bertz CT molecular complexity index is 462. The lowest BCUT2D eigenvalue weighted by molar-refractivity contribution is 0.102. The smallest absolute Gasteiger partial charge is 0.410 e.